The molecule has 0 bridgehead atoms. The molecule has 0 saturated heterocycles. The van der Waals surface area contributed by atoms with Gasteiger partial charge in [0.25, 0.3) is 11.8 Å². The number of nitrogens with two attached hydrogens (primary N) is 1. The molecule has 2 N–H and O–H groups in total. The Morgan fingerprint density at radius 3 is 2.79 bits per heavy atom. The Bertz CT molecular complexity index is 421. The Morgan fingerprint density at radius 1 is 1.43 bits per heavy atom. The van der Waals surface area contributed by atoms with E-state index in [-0.39, 0.29) is 5.95 Å². The molecule has 0 aliphatic heterocycles. The monoisotopic (exact) mass is 190 g/mol. The first kappa shape index (κ1) is 8.68. The largest absolute Gasteiger partial charge is 0.365 e. The lowest BCUT2D eigenvalue weighted by molar-refractivity contribution is 0.431. The summed E-state index contributed by atoms with van der Waals surface area (Å²) in [6, 6.07) is 3.81. The molecule has 5 nitrogen and oxygen atoms in total. The van der Waals surface area contributed by atoms with Crippen LogP contribution in [0, 0.1) is 0 Å². The molecule has 2 aromatic heterocycles. The van der Waals surface area contributed by atoms with Crippen LogP contribution in [0.3, 0.4) is 0 Å². The predicted octanol–water partition coefficient (Wildman–Crippen LogP) is 1.28. The van der Waals surface area contributed by atoms with Gasteiger partial charge in [0, 0.05) is 6.20 Å². The van der Waals surface area contributed by atoms with Gasteiger partial charge in [-0.05, 0) is 23.2 Å². The quantitative estimate of drug-likeness (QED) is 0.771. The van der Waals surface area contributed by atoms with Crippen LogP contribution in [-0.2, 0) is 6.42 Å². The van der Waals surface area contributed by atoms with Crippen molar-refractivity contribution in [1.29, 1.82) is 0 Å². The fraction of sp³-hybridized carbons (Fsp3) is 0.222. The number of anilines is 1. The van der Waals surface area contributed by atoms with Gasteiger partial charge >= 0.3 is 0 Å². The zero-order valence-electron chi connectivity index (χ0n) is 7.77. The standard InChI is InChI=1S/C9H10N4O/c1-2-6-3-4-7(11-5-6)8-12-9(10)13-14-8/h3-5H,2H2,1H3,(H2,10,13). The van der Waals surface area contributed by atoms with E-state index in [2.05, 4.69) is 22.0 Å². The molecule has 0 spiro atoms. The van der Waals surface area contributed by atoms with Gasteiger partial charge in [0.1, 0.15) is 5.69 Å². The molecule has 0 radical (unpaired) electrons. The number of aromatic nitrogens is 3. The highest BCUT2D eigenvalue weighted by Gasteiger charge is 2.06. The Balaban J connectivity index is 2.33. The molecule has 0 aromatic carbocycles. The molecular weight excluding hydrogens is 180 g/mol. The summed E-state index contributed by atoms with van der Waals surface area (Å²) in [5, 5.41) is 3.49. The molecule has 2 rings (SSSR count). The van der Waals surface area contributed by atoms with E-state index >= 15 is 0 Å². The molecule has 0 aliphatic rings. The van der Waals surface area contributed by atoms with Gasteiger partial charge < -0.3 is 10.3 Å². The van der Waals surface area contributed by atoms with Gasteiger partial charge in [-0.3, -0.25) is 4.98 Å². The molecule has 0 fully saturated rings. The number of aryl methyl sites for hydroxylation is 1. The normalized spacial score (nSPS) is 10.4. The molecule has 0 saturated carbocycles. The maximum absolute atomic E-state index is 5.33. The van der Waals surface area contributed by atoms with Crippen molar-refractivity contribution in [2.45, 2.75) is 13.3 Å². The van der Waals surface area contributed by atoms with Crippen LogP contribution in [0.5, 0.6) is 0 Å². The van der Waals surface area contributed by atoms with Crippen molar-refractivity contribution in [2.24, 2.45) is 0 Å². The van der Waals surface area contributed by atoms with Crippen molar-refractivity contribution in [3.8, 4) is 11.6 Å². The first-order chi connectivity index (χ1) is 6.79. The van der Waals surface area contributed by atoms with Crippen LogP contribution in [-0.4, -0.2) is 15.1 Å². The maximum atomic E-state index is 5.33. The van der Waals surface area contributed by atoms with Gasteiger partial charge in [-0.2, -0.15) is 4.98 Å². The number of hydrogen-bond acceptors (Lipinski definition) is 5. The Morgan fingerprint density at radius 2 is 2.29 bits per heavy atom. The van der Waals surface area contributed by atoms with E-state index in [1.54, 1.807) is 6.20 Å². The van der Waals surface area contributed by atoms with Crippen LogP contribution in [0.4, 0.5) is 5.95 Å². The Labute approximate surface area is 81.0 Å². The van der Waals surface area contributed by atoms with E-state index in [1.165, 1.54) is 5.56 Å². The topological polar surface area (TPSA) is 77.8 Å². The average molecular weight is 190 g/mol. The predicted molar refractivity (Wildman–Crippen MR) is 51.3 cm³/mol. The number of hydrogen-bond donors (Lipinski definition) is 1. The smallest absolute Gasteiger partial charge is 0.278 e. The minimum Gasteiger partial charge on any atom is -0.365 e. The van der Waals surface area contributed by atoms with E-state index < -0.39 is 0 Å². The van der Waals surface area contributed by atoms with Crippen LogP contribution in [0.1, 0.15) is 12.5 Å². The molecule has 0 amide bonds. The van der Waals surface area contributed by atoms with Gasteiger partial charge in [-0.1, -0.05) is 13.0 Å². The van der Waals surface area contributed by atoms with E-state index in [0.29, 0.717) is 11.6 Å². The fourth-order valence-electron chi connectivity index (χ4n) is 1.10. The molecule has 14 heavy (non-hydrogen) atoms. The summed E-state index contributed by atoms with van der Waals surface area (Å²) in [6.45, 7) is 2.07. The van der Waals surface area contributed by atoms with Crippen molar-refractivity contribution < 1.29 is 4.52 Å². The zero-order chi connectivity index (χ0) is 9.97. The average Bonchev–Trinajstić information content (AvgIpc) is 2.65. The first-order valence-corrected chi connectivity index (χ1v) is 4.34. The summed E-state index contributed by atoms with van der Waals surface area (Å²) in [6.07, 6.45) is 2.75. The van der Waals surface area contributed by atoms with Crippen LogP contribution in [0.25, 0.3) is 11.6 Å². The fourth-order valence-corrected chi connectivity index (χ4v) is 1.10. The Hall–Kier alpha value is -1.91. The first-order valence-electron chi connectivity index (χ1n) is 4.34. The van der Waals surface area contributed by atoms with E-state index in [4.69, 9.17) is 10.3 Å². The summed E-state index contributed by atoms with van der Waals surface area (Å²) < 4.78 is 4.88. The van der Waals surface area contributed by atoms with Crippen LogP contribution >= 0.6 is 0 Å². The molecule has 2 heterocycles. The van der Waals surface area contributed by atoms with Gasteiger partial charge in [-0.15, -0.1) is 0 Å². The summed E-state index contributed by atoms with van der Waals surface area (Å²) in [5.41, 5.74) is 7.14. The third-order valence-electron chi connectivity index (χ3n) is 1.89. The molecule has 72 valence electrons. The minimum absolute atomic E-state index is 0.126. The van der Waals surface area contributed by atoms with Crippen molar-refractivity contribution >= 4 is 5.95 Å². The highest BCUT2D eigenvalue weighted by atomic mass is 16.5. The second-order valence-electron chi connectivity index (χ2n) is 2.86. The lowest BCUT2D eigenvalue weighted by atomic mass is 10.2. The van der Waals surface area contributed by atoms with Crippen molar-refractivity contribution in [3.05, 3.63) is 23.9 Å². The second-order valence-corrected chi connectivity index (χ2v) is 2.86. The highest BCUT2D eigenvalue weighted by molar-refractivity contribution is 5.47. The molecule has 0 unspecified atom stereocenters. The number of nitrogens with zero attached hydrogens (tertiary/aromatic N) is 3. The number of nitrogen functional groups attached to an aromatic ring is 1. The van der Waals surface area contributed by atoms with E-state index in [1.807, 2.05) is 12.1 Å². The number of rotatable bonds is 2. The second kappa shape index (κ2) is 3.45. The third kappa shape index (κ3) is 1.56. The van der Waals surface area contributed by atoms with Crippen molar-refractivity contribution in [3.63, 3.8) is 0 Å². The lowest BCUT2D eigenvalue weighted by Crippen LogP contribution is -1.88. The maximum Gasteiger partial charge on any atom is 0.278 e. The van der Waals surface area contributed by atoms with Crippen LogP contribution < -0.4 is 5.73 Å². The van der Waals surface area contributed by atoms with Gasteiger partial charge in [0.05, 0.1) is 0 Å². The lowest BCUT2D eigenvalue weighted by Gasteiger charge is -1.95. The van der Waals surface area contributed by atoms with E-state index in [0.717, 1.165) is 6.42 Å². The zero-order valence-corrected chi connectivity index (χ0v) is 7.77. The van der Waals surface area contributed by atoms with Gasteiger partial charge in [0.2, 0.25) is 0 Å². The highest BCUT2D eigenvalue weighted by Crippen LogP contribution is 2.15. The summed E-state index contributed by atoms with van der Waals surface area (Å²) in [5.74, 6) is 0.478. The molecule has 0 aliphatic carbocycles. The van der Waals surface area contributed by atoms with Gasteiger partial charge in [0.15, 0.2) is 0 Å². The minimum atomic E-state index is 0.126. The molecular formula is C9H10N4O. The SMILES string of the molecule is CCc1ccc(-c2nc(N)no2)nc1. The van der Waals surface area contributed by atoms with Crippen molar-refractivity contribution in [2.75, 3.05) is 5.73 Å². The summed E-state index contributed by atoms with van der Waals surface area (Å²) in [7, 11) is 0. The number of pyridine rings is 1. The van der Waals surface area contributed by atoms with E-state index in [9.17, 15) is 0 Å². The van der Waals surface area contributed by atoms with Crippen LogP contribution in [0.2, 0.25) is 0 Å². The summed E-state index contributed by atoms with van der Waals surface area (Å²) >= 11 is 0. The Kier molecular flexibility index (Phi) is 2.14. The molecule has 2 aromatic rings. The molecule has 0 atom stereocenters. The molecule has 5 heteroatoms. The van der Waals surface area contributed by atoms with Gasteiger partial charge in [-0.25, -0.2) is 0 Å². The summed E-state index contributed by atoms with van der Waals surface area (Å²) in [4.78, 5) is 8.06. The van der Waals surface area contributed by atoms with Crippen LogP contribution in [0.15, 0.2) is 22.9 Å². The van der Waals surface area contributed by atoms with Crippen molar-refractivity contribution in [1.82, 2.24) is 15.1 Å². The third-order valence-corrected chi connectivity index (χ3v) is 1.89.